The molecule has 1 atom stereocenters. The fraction of sp³-hybridized carbons (Fsp3) is 0.625. The molecule has 0 aliphatic carbocycles. The Kier molecular flexibility index (Phi) is 8.87. The Balaban J connectivity index is 0.00000264. The minimum absolute atomic E-state index is 0. The molecule has 1 aromatic rings. The SMILES string of the molecule is CC(C)(C)[C@@H](c1cccc(C(F)(F)F)c1Cl)N1CCNCC1.Cl.Cl. The lowest BCUT2D eigenvalue weighted by Crippen LogP contribution is -2.48. The molecule has 1 aliphatic rings. The number of nitrogens with zero attached hydrogens (tertiary/aromatic N) is 1. The van der Waals surface area contributed by atoms with Gasteiger partial charge in [-0.15, -0.1) is 24.8 Å². The Morgan fingerprint density at radius 2 is 1.62 bits per heavy atom. The molecule has 1 saturated heterocycles. The lowest BCUT2D eigenvalue weighted by molar-refractivity contribution is -0.137. The van der Waals surface area contributed by atoms with Gasteiger partial charge >= 0.3 is 6.18 Å². The van der Waals surface area contributed by atoms with Crippen molar-refractivity contribution < 1.29 is 13.2 Å². The number of piperazine rings is 1. The van der Waals surface area contributed by atoms with Gasteiger partial charge in [0.2, 0.25) is 0 Å². The van der Waals surface area contributed by atoms with Crippen LogP contribution in [0.15, 0.2) is 18.2 Å². The average Bonchev–Trinajstić information content (AvgIpc) is 2.39. The summed E-state index contributed by atoms with van der Waals surface area (Å²) in [6, 6.07) is 4.06. The normalized spacial score (nSPS) is 17.6. The summed E-state index contributed by atoms with van der Waals surface area (Å²) in [6.45, 7) is 9.39. The van der Waals surface area contributed by atoms with E-state index in [9.17, 15) is 13.2 Å². The summed E-state index contributed by atoms with van der Waals surface area (Å²) in [6.07, 6.45) is -4.43. The van der Waals surface area contributed by atoms with Gasteiger partial charge in [-0.2, -0.15) is 13.2 Å². The molecule has 1 fully saturated rings. The second-order valence-electron chi connectivity index (χ2n) is 6.76. The summed E-state index contributed by atoms with van der Waals surface area (Å²) in [4.78, 5) is 2.22. The van der Waals surface area contributed by atoms with Gasteiger partial charge in [-0.05, 0) is 17.0 Å². The minimum Gasteiger partial charge on any atom is -0.314 e. The highest BCUT2D eigenvalue weighted by Gasteiger charge is 2.38. The Morgan fingerprint density at radius 3 is 2.08 bits per heavy atom. The molecule has 0 unspecified atom stereocenters. The maximum atomic E-state index is 13.1. The number of benzene rings is 1. The van der Waals surface area contributed by atoms with Crippen LogP contribution < -0.4 is 5.32 Å². The molecule has 140 valence electrons. The highest BCUT2D eigenvalue weighted by molar-refractivity contribution is 6.32. The van der Waals surface area contributed by atoms with Crippen LogP contribution in [0.25, 0.3) is 0 Å². The fourth-order valence-electron chi connectivity index (χ4n) is 3.13. The van der Waals surface area contributed by atoms with Crippen molar-refractivity contribution in [3.8, 4) is 0 Å². The molecule has 2 nitrogen and oxygen atoms in total. The van der Waals surface area contributed by atoms with E-state index in [2.05, 4.69) is 10.2 Å². The van der Waals surface area contributed by atoms with Crippen LogP contribution in [0.2, 0.25) is 5.02 Å². The minimum atomic E-state index is -4.43. The van der Waals surface area contributed by atoms with Gasteiger partial charge in [0.05, 0.1) is 10.6 Å². The Bertz CT molecular complexity index is 524. The van der Waals surface area contributed by atoms with Gasteiger partial charge in [-0.1, -0.05) is 44.5 Å². The van der Waals surface area contributed by atoms with Crippen LogP contribution in [0.1, 0.15) is 37.9 Å². The van der Waals surface area contributed by atoms with Crippen molar-refractivity contribution in [2.24, 2.45) is 5.41 Å². The molecule has 0 aromatic heterocycles. The standard InChI is InChI=1S/C16H22ClF3N2.2ClH/c1-15(2,3)14(22-9-7-21-8-10-22)11-5-4-6-12(13(11)17)16(18,19)20;;/h4-6,14,21H,7-10H2,1-3H3;2*1H/t14-;;/m1../s1. The van der Waals surface area contributed by atoms with E-state index in [1.54, 1.807) is 6.07 Å². The van der Waals surface area contributed by atoms with Crippen LogP contribution >= 0.6 is 36.4 Å². The summed E-state index contributed by atoms with van der Waals surface area (Å²) in [5, 5.41) is 3.10. The van der Waals surface area contributed by atoms with Crippen LogP contribution in [0, 0.1) is 5.41 Å². The first-order valence-corrected chi connectivity index (χ1v) is 7.80. The van der Waals surface area contributed by atoms with Crippen LogP contribution in [-0.4, -0.2) is 31.1 Å². The monoisotopic (exact) mass is 406 g/mol. The van der Waals surface area contributed by atoms with E-state index < -0.39 is 11.7 Å². The molecule has 0 bridgehead atoms. The molecule has 0 saturated carbocycles. The first-order chi connectivity index (χ1) is 10.1. The number of rotatable bonds is 2. The van der Waals surface area contributed by atoms with Crippen LogP contribution in [0.3, 0.4) is 0 Å². The van der Waals surface area contributed by atoms with Gasteiger partial charge in [-0.3, -0.25) is 4.90 Å². The number of nitrogens with one attached hydrogen (secondary N) is 1. The van der Waals surface area contributed by atoms with E-state index in [0.717, 1.165) is 32.2 Å². The predicted octanol–water partition coefficient (Wildman–Crippen LogP) is 5.19. The van der Waals surface area contributed by atoms with E-state index in [1.807, 2.05) is 20.8 Å². The van der Waals surface area contributed by atoms with E-state index in [1.165, 1.54) is 6.07 Å². The Hall–Kier alpha value is -0.200. The maximum absolute atomic E-state index is 13.1. The second kappa shape index (κ2) is 8.95. The molecular weight excluding hydrogens is 384 g/mol. The largest absolute Gasteiger partial charge is 0.417 e. The highest BCUT2D eigenvalue weighted by atomic mass is 35.5. The summed E-state index contributed by atoms with van der Waals surface area (Å²) < 4.78 is 39.4. The molecule has 0 amide bonds. The second-order valence-corrected chi connectivity index (χ2v) is 7.14. The number of hydrogen-bond acceptors (Lipinski definition) is 2. The van der Waals surface area contributed by atoms with Crippen molar-refractivity contribution in [3.63, 3.8) is 0 Å². The third kappa shape index (κ3) is 5.40. The summed E-state index contributed by atoms with van der Waals surface area (Å²) in [7, 11) is 0. The first kappa shape index (κ1) is 23.8. The lowest BCUT2D eigenvalue weighted by atomic mass is 9.80. The zero-order chi connectivity index (χ0) is 16.5. The van der Waals surface area contributed by atoms with E-state index in [0.29, 0.717) is 5.56 Å². The number of hydrogen-bond donors (Lipinski definition) is 1. The van der Waals surface area contributed by atoms with Crippen LogP contribution in [0.5, 0.6) is 0 Å². The van der Waals surface area contributed by atoms with Gasteiger partial charge in [0.25, 0.3) is 0 Å². The van der Waals surface area contributed by atoms with Crippen molar-refractivity contribution >= 4 is 36.4 Å². The van der Waals surface area contributed by atoms with Gasteiger partial charge in [-0.25, -0.2) is 0 Å². The van der Waals surface area contributed by atoms with Crippen molar-refractivity contribution in [3.05, 3.63) is 34.3 Å². The van der Waals surface area contributed by atoms with Crippen molar-refractivity contribution in [2.75, 3.05) is 26.2 Å². The summed E-state index contributed by atoms with van der Waals surface area (Å²) in [5.74, 6) is 0. The van der Waals surface area contributed by atoms with Crippen LogP contribution in [0.4, 0.5) is 13.2 Å². The lowest BCUT2D eigenvalue weighted by Gasteiger charge is -2.43. The molecule has 0 spiro atoms. The molecule has 1 aliphatic heterocycles. The van der Waals surface area contributed by atoms with Crippen molar-refractivity contribution in [1.29, 1.82) is 0 Å². The topological polar surface area (TPSA) is 15.3 Å². The predicted molar refractivity (Wildman–Crippen MR) is 97.6 cm³/mol. The fourth-order valence-corrected chi connectivity index (χ4v) is 3.47. The van der Waals surface area contributed by atoms with Crippen molar-refractivity contribution in [2.45, 2.75) is 33.0 Å². The number of halogens is 6. The van der Waals surface area contributed by atoms with Gasteiger partial charge in [0, 0.05) is 32.2 Å². The Morgan fingerprint density at radius 1 is 1.08 bits per heavy atom. The highest BCUT2D eigenvalue weighted by Crippen LogP contribution is 2.44. The third-order valence-corrected chi connectivity index (χ3v) is 4.39. The van der Waals surface area contributed by atoms with Gasteiger partial charge in [0.1, 0.15) is 0 Å². The summed E-state index contributed by atoms with van der Waals surface area (Å²) >= 11 is 6.15. The van der Waals surface area contributed by atoms with E-state index >= 15 is 0 Å². The average molecular weight is 408 g/mol. The molecule has 1 N–H and O–H groups in total. The summed E-state index contributed by atoms with van der Waals surface area (Å²) in [5.41, 5.74) is -0.410. The molecule has 24 heavy (non-hydrogen) atoms. The third-order valence-electron chi connectivity index (χ3n) is 3.97. The van der Waals surface area contributed by atoms with Crippen LogP contribution in [-0.2, 0) is 6.18 Å². The maximum Gasteiger partial charge on any atom is 0.417 e. The zero-order valence-electron chi connectivity index (χ0n) is 13.9. The molecular formula is C16H24Cl3F3N2. The molecule has 8 heteroatoms. The Labute approximate surface area is 158 Å². The van der Waals surface area contributed by atoms with E-state index in [4.69, 9.17) is 11.6 Å². The molecule has 1 aromatic carbocycles. The van der Waals surface area contributed by atoms with Gasteiger partial charge < -0.3 is 5.32 Å². The van der Waals surface area contributed by atoms with E-state index in [-0.39, 0.29) is 41.3 Å². The zero-order valence-corrected chi connectivity index (χ0v) is 16.3. The smallest absolute Gasteiger partial charge is 0.314 e. The first-order valence-electron chi connectivity index (χ1n) is 7.43. The quantitative estimate of drug-likeness (QED) is 0.725. The molecule has 2 rings (SSSR count). The molecule has 1 heterocycles. The van der Waals surface area contributed by atoms with Crippen molar-refractivity contribution in [1.82, 2.24) is 10.2 Å². The number of alkyl halides is 3. The van der Waals surface area contributed by atoms with Gasteiger partial charge in [0.15, 0.2) is 0 Å². The molecule has 0 radical (unpaired) electrons.